The van der Waals surface area contributed by atoms with Crippen molar-refractivity contribution >= 4 is 17.4 Å². The van der Waals surface area contributed by atoms with Gasteiger partial charge >= 0.3 is 0 Å². The molecule has 0 bridgehead atoms. The number of tetrazole rings is 1. The minimum Gasteiger partial charge on any atom is -0.381 e. The molecular formula is C31H42ClN9O2. The summed E-state index contributed by atoms with van der Waals surface area (Å²) < 4.78 is 11.6. The second-order valence-electron chi connectivity index (χ2n) is 12.5. The number of anilines is 1. The number of nitrogens with one attached hydrogen (secondary N) is 3. The number of H-pyrrole nitrogens is 1. The Kier molecular flexibility index (Phi) is 10.2. The van der Waals surface area contributed by atoms with Crippen LogP contribution in [0.3, 0.4) is 0 Å². The number of rotatable bonds is 12. The van der Waals surface area contributed by atoms with Crippen molar-refractivity contribution in [3.63, 3.8) is 0 Å². The molecule has 1 aliphatic carbocycles. The van der Waals surface area contributed by atoms with Crippen LogP contribution in [0, 0.1) is 22.7 Å². The lowest BCUT2D eigenvalue weighted by Crippen LogP contribution is -2.42. The summed E-state index contributed by atoms with van der Waals surface area (Å²) in [6, 6.07) is 11.1. The van der Waals surface area contributed by atoms with Gasteiger partial charge in [-0.05, 0) is 89.8 Å². The second-order valence-corrected chi connectivity index (χ2v) is 12.9. The molecule has 11 nitrogen and oxygen atoms in total. The third kappa shape index (κ3) is 8.26. The van der Waals surface area contributed by atoms with Crippen LogP contribution >= 0.6 is 11.6 Å². The molecule has 3 aromatic heterocycles. The molecule has 2 fully saturated rings. The summed E-state index contributed by atoms with van der Waals surface area (Å²) in [6.45, 7) is 8.41. The molecule has 0 spiro atoms. The Balaban J connectivity index is 1.12. The Labute approximate surface area is 258 Å². The molecule has 0 aromatic carbocycles. The molecule has 230 valence electrons. The van der Waals surface area contributed by atoms with E-state index in [1.165, 1.54) is 0 Å². The van der Waals surface area contributed by atoms with Crippen LogP contribution in [0.1, 0.15) is 70.8 Å². The van der Waals surface area contributed by atoms with Gasteiger partial charge in [-0.25, -0.2) is 4.98 Å². The minimum atomic E-state index is -0.594. The summed E-state index contributed by atoms with van der Waals surface area (Å²) in [5, 5.41) is 31.7. The summed E-state index contributed by atoms with van der Waals surface area (Å²) in [6.07, 6.45) is 8.63. The summed E-state index contributed by atoms with van der Waals surface area (Å²) >= 11 is 6.61. The van der Waals surface area contributed by atoms with Crippen LogP contribution < -0.4 is 10.6 Å². The number of aromatic amines is 1. The smallest absolute Gasteiger partial charge is 0.205 e. The van der Waals surface area contributed by atoms with Crippen molar-refractivity contribution in [2.24, 2.45) is 11.3 Å². The van der Waals surface area contributed by atoms with Crippen molar-refractivity contribution in [3.8, 4) is 17.3 Å². The standard InChI is InChI=1S/C31H42ClN9O2/c1-21(18-43-30(2,3)29-38-40-41-39-29)36-23-9-7-22(8-10-23)15-24-16-25(26(32)17-34-24)27-5-4-6-28(37-27)35-20-31(19-33)11-13-42-14-12-31/h4-6,16-17,21-23,36H,7-15,18,20H2,1-3H3,(H,35,37)(H,38,39,40,41)/t21-,22?,23?/m0/s1. The van der Waals surface area contributed by atoms with Crippen LogP contribution in [0.5, 0.6) is 0 Å². The van der Waals surface area contributed by atoms with Crippen molar-refractivity contribution in [2.45, 2.75) is 83.4 Å². The molecule has 1 saturated carbocycles. The highest BCUT2D eigenvalue weighted by Gasteiger charge is 2.33. The van der Waals surface area contributed by atoms with E-state index in [-0.39, 0.29) is 6.04 Å². The van der Waals surface area contributed by atoms with Gasteiger partial charge in [0.1, 0.15) is 11.4 Å². The number of aromatic nitrogens is 6. The van der Waals surface area contributed by atoms with E-state index in [0.717, 1.165) is 67.7 Å². The Bertz CT molecular complexity index is 1360. The highest BCUT2D eigenvalue weighted by molar-refractivity contribution is 6.33. The van der Waals surface area contributed by atoms with Crippen molar-refractivity contribution in [1.29, 1.82) is 5.26 Å². The first kappa shape index (κ1) is 31.3. The van der Waals surface area contributed by atoms with Gasteiger partial charge in [0, 0.05) is 49.3 Å². The molecule has 1 atom stereocenters. The highest BCUT2D eigenvalue weighted by Crippen LogP contribution is 2.33. The number of ether oxygens (including phenoxy) is 2. The quantitative estimate of drug-likeness (QED) is 0.255. The molecule has 12 heteroatoms. The van der Waals surface area contributed by atoms with E-state index >= 15 is 0 Å². The van der Waals surface area contributed by atoms with E-state index in [1.807, 2.05) is 32.0 Å². The highest BCUT2D eigenvalue weighted by atomic mass is 35.5. The SMILES string of the molecule is C[C@@H](COC(C)(C)c1nn[nH]n1)NC1CCC(Cc2cc(-c3cccc(NCC4(C#N)CCOCC4)n3)c(Cl)cn2)CC1. The van der Waals surface area contributed by atoms with E-state index in [4.69, 9.17) is 26.1 Å². The average molecular weight is 608 g/mol. The summed E-state index contributed by atoms with van der Waals surface area (Å²) in [7, 11) is 0. The van der Waals surface area contributed by atoms with Crippen LogP contribution in [-0.4, -0.2) is 69.0 Å². The largest absolute Gasteiger partial charge is 0.381 e. The van der Waals surface area contributed by atoms with E-state index in [1.54, 1.807) is 6.20 Å². The normalized spacial score (nSPS) is 21.2. The number of halogens is 1. The third-order valence-corrected chi connectivity index (χ3v) is 8.98. The van der Waals surface area contributed by atoms with Gasteiger partial charge in [0.05, 0.1) is 28.8 Å². The maximum Gasteiger partial charge on any atom is 0.205 e. The molecule has 1 saturated heterocycles. The van der Waals surface area contributed by atoms with Gasteiger partial charge in [-0.3, -0.25) is 4.98 Å². The zero-order valence-electron chi connectivity index (χ0n) is 25.3. The predicted molar refractivity (Wildman–Crippen MR) is 164 cm³/mol. The Morgan fingerprint density at radius 3 is 2.74 bits per heavy atom. The first-order valence-electron chi connectivity index (χ1n) is 15.2. The average Bonchev–Trinajstić information content (AvgIpc) is 3.58. The number of nitriles is 1. The summed E-state index contributed by atoms with van der Waals surface area (Å²) in [5.74, 6) is 1.86. The lowest BCUT2D eigenvalue weighted by atomic mass is 9.82. The molecular weight excluding hydrogens is 566 g/mol. The topological polar surface area (TPSA) is 147 Å². The van der Waals surface area contributed by atoms with Gasteiger partial charge in [0.25, 0.3) is 0 Å². The Morgan fingerprint density at radius 1 is 1.23 bits per heavy atom. The van der Waals surface area contributed by atoms with Crippen molar-refractivity contribution < 1.29 is 9.47 Å². The van der Waals surface area contributed by atoms with Crippen molar-refractivity contribution in [2.75, 3.05) is 31.7 Å². The van der Waals surface area contributed by atoms with Gasteiger partial charge in [-0.15, -0.1) is 10.2 Å². The van der Waals surface area contributed by atoms with Crippen LogP contribution in [0.25, 0.3) is 11.3 Å². The van der Waals surface area contributed by atoms with E-state index in [0.29, 0.717) is 49.2 Å². The summed E-state index contributed by atoms with van der Waals surface area (Å²) in [4.78, 5) is 9.49. The second kappa shape index (κ2) is 14.1. The van der Waals surface area contributed by atoms with Crippen molar-refractivity contribution in [3.05, 3.63) is 47.0 Å². The molecule has 0 radical (unpaired) electrons. The van der Waals surface area contributed by atoms with Crippen LogP contribution in [0.2, 0.25) is 5.02 Å². The zero-order chi connectivity index (χ0) is 30.3. The molecule has 0 unspecified atom stereocenters. The van der Waals surface area contributed by atoms with Gasteiger partial charge < -0.3 is 20.1 Å². The molecule has 1 aliphatic heterocycles. The van der Waals surface area contributed by atoms with Gasteiger partial charge in [0.2, 0.25) is 5.82 Å². The lowest BCUT2D eigenvalue weighted by molar-refractivity contribution is -0.0381. The third-order valence-electron chi connectivity index (χ3n) is 8.67. The first-order valence-corrected chi connectivity index (χ1v) is 15.6. The predicted octanol–water partition coefficient (Wildman–Crippen LogP) is 5.07. The molecule has 0 amide bonds. The van der Waals surface area contributed by atoms with Crippen LogP contribution in [0.15, 0.2) is 30.5 Å². The molecule has 4 heterocycles. The van der Waals surface area contributed by atoms with E-state index < -0.39 is 11.0 Å². The van der Waals surface area contributed by atoms with Gasteiger partial charge in [0.15, 0.2) is 0 Å². The lowest BCUT2D eigenvalue weighted by Gasteiger charge is -2.32. The first-order chi connectivity index (χ1) is 20.7. The fraction of sp³-hybridized carbons (Fsp3) is 0.613. The summed E-state index contributed by atoms with van der Waals surface area (Å²) in [5.41, 5.74) is 1.69. The van der Waals surface area contributed by atoms with Crippen LogP contribution in [-0.2, 0) is 21.5 Å². The molecule has 43 heavy (non-hydrogen) atoms. The number of hydrogen-bond acceptors (Lipinski definition) is 10. The monoisotopic (exact) mass is 607 g/mol. The molecule has 3 N–H and O–H groups in total. The fourth-order valence-electron chi connectivity index (χ4n) is 5.92. The van der Waals surface area contributed by atoms with Gasteiger partial charge in [-0.1, -0.05) is 22.9 Å². The zero-order valence-corrected chi connectivity index (χ0v) is 26.0. The fourth-order valence-corrected chi connectivity index (χ4v) is 6.12. The number of pyridine rings is 2. The molecule has 5 rings (SSSR count). The maximum absolute atomic E-state index is 9.78. The molecule has 3 aromatic rings. The minimum absolute atomic E-state index is 0.216. The van der Waals surface area contributed by atoms with E-state index in [2.05, 4.69) is 55.3 Å². The number of nitrogens with zero attached hydrogens (tertiary/aromatic N) is 6. The Morgan fingerprint density at radius 2 is 2.02 bits per heavy atom. The number of hydrogen-bond donors (Lipinski definition) is 3. The Hall–Kier alpha value is -3.17. The van der Waals surface area contributed by atoms with Crippen LogP contribution in [0.4, 0.5) is 5.82 Å². The van der Waals surface area contributed by atoms with E-state index in [9.17, 15) is 5.26 Å². The van der Waals surface area contributed by atoms with Crippen molar-refractivity contribution in [1.82, 2.24) is 35.9 Å². The van der Waals surface area contributed by atoms with Gasteiger partial charge in [-0.2, -0.15) is 10.5 Å². The molecule has 2 aliphatic rings. The maximum atomic E-state index is 9.78.